The molecular formula is C25H37N3O6. The van der Waals surface area contributed by atoms with Crippen LogP contribution in [-0.2, 0) is 27.5 Å². The largest absolute Gasteiger partial charge is 0.445 e. The van der Waals surface area contributed by atoms with E-state index in [2.05, 4.69) is 10.6 Å². The standard InChI is InChI=1S/C25H37N3O6/c1-17(29)26-22-9-4-18(5-10-22)13-19-6-11-23(12-7-19)27-25(30)34-15-20-3-8-21(16-33-2)24(14-20)28(31)32/h3,8,14,18-19,22-23H,4-7,9-13,15-16H2,1-2H3,(H,26,29)(H,27,30). The second-order valence-electron chi connectivity index (χ2n) is 9.75. The third kappa shape index (κ3) is 7.97. The van der Waals surface area contributed by atoms with Gasteiger partial charge in [-0.2, -0.15) is 0 Å². The van der Waals surface area contributed by atoms with Crippen LogP contribution in [0.5, 0.6) is 0 Å². The van der Waals surface area contributed by atoms with Gasteiger partial charge in [0, 0.05) is 32.2 Å². The number of methoxy groups -OCH3 is 1. The number of rotatable bonds is 9. The third-order valence-electron chi connectivity index (χ3n) is 7.11. The molecule has 0 bridgehead atoms. The molecule has 188 valence electrons. The number of carbonyl (C=O) groups excluding carboxylic acids is 2. The van der Waals surface area contributed by atoms with Gasteiger partial charge < -0.3 is 20.1 Å². The van der Waals surface area contributed by atoms with Crippen LogP contribution in [0.3, 0.4) is 0 Å². The van der Waals surface area contributed by atoms with Crippen molar-refractivity contribution in [2.24, 2.45) is 11.8 Å². The van der Waals surface area contributed by atoms with Crippen LogP contribution < -0.4 is 10.6 Å². The van der Waals surface area contributed by atoms with E-state index in [1.165, 1.54) is 32.4 Å². The van der Waals surface area contributed by atoms with Gasteiger partial charge in [-0.25, -0.2) is 4.79 Å². The van der Waals surface area contributed by atoms with Crippen molar-refractivity contribution in [1.29, 1.82) is 0 Å². The average molecular weight is 476 g/mol. The molecule has 1 aromatic rings. The number of carbonyl (C=O) groups is 2. The summed E-state index contributed by atoms with van der Waals surface area (Å²) in [4.78, 5) is 34.3. The van der Waals surface area contributed by atoms with E-state index in [9.17, 15) is 19.7 Å². The number of ether oxygens (including phenoxy) is 2. The lowest BCUT2D eigenvalue weighted by molar-refractivity contribution is -0.386. The zero-order chi connectivity index (χ0) is 24.5. The molecule has 0 spiro atoms. The fourth-order valence-electron chi connectivity index (χ4n) is 5.35. The molecule has 0 heterocycles. The second kappa shape index (κ2) is 12.7. The SMILES string of the molecule is COCc1ccc(COC(=O)NC2CCC(CC3CCC(NC(C)=O)CC3)CC2)cc1[N+](=O)[O-]. The van der Waals surface area contributed by atoms with Gasteiger partial charge in [-0.1, -0.05) is 6.07 Å². The number of benzene rings is 1. The summed E-state index contributed by atoms with van der Waals surface area (Å²) in [5.74, 6) is 1.50. The van der Waals surface area contributed by atoms with Crippen LogP contribution in [0.25, 0.3) is 0 Å². The predicted octanol–water partition coefficient (Wildman–Crippen LogP) is 4.61. The van der Waals surface area contributed by atoms with Gasteiger partial charge in [-0.05, 0) is 81.3 Å². The lowest BCUT2D eigenvalue weighted by atomic mass is 9.75. The molecule has 1 aromatic carbocycles. The average Bonchev–Trinajstić information content (AvgIpc) is 2.80. The van der Waals surface area contributed by atoms with Crippen molar-refractivity contribution in [1.82, 2.24) is 10.6 Å². The first-order chi connectivity index (χ1) is 16.3. The van der Waals surface area contributed by atoms with Crippen LogP contribution >= 0.6 is 0 Å². The van der Waals surface area contributed by atoms with Gasteiger partial charge in [0.05, 0.1) is 17.1 Å². The van der Waals surface area contributed by atoms with Crippen LogP contribution in [0, 0.1) is 22.0 Å². The Morgan fingerprint density at radius 3 is 2.09 bits per heavy atom. The van der Waals surface area contributed by atoms with E-state index in [-0.39, 0.29) is 30.9 Å². The quantitative estimate of drug-likeness (QED) is 0.397. The van der Waals surface area contributed by atoms with Crippen molar-refractivity contribution in [3.8, 4) is 0 Å². The first-order valence-electron chi connectivity index (χ1n) is 12.3. The predicted molar refractivity (Wildman–Crippen MR) is 127 cm³/mol. The Hall–Kier alpha value is -2.68. The Morgan fingerprint density at radius 2 is 1.56 bits per heavy atom. The summed E-state index contributed by atoms with van der Waals surface area (Å²) in [5.41, 5.74) is 1.02. The minimum Gasteiger partial charge on any atom is -0.445 e. The Kier molecular flexibility index (Phi) is 9.68. The number of alkyl carbamates (subject to hydrolysis) is 1. The van der Waals surface area contributed by atoms with Gasteiger partial charge in [0.15, 0.2) is 0 Å². The number of nitro benzene ring substituents is 1. The zero-order valence-corrected chi connectivity index (χ0v) is 20.2. The molecular weight excluding hydrogens is 438 g/mol. The lowest BCUT2D eigenvalue weighted by Gasteiger charge is -2.34. The van der Waals surface area contributed by atoms with Crippen LogP contribution in [0.4, 0.5) is 10.5 Å². The molecule has 9 nitrogen and oxygen atoms in total. The molecule has 0 radical (unpaired) electrons. The molecule has 2 fully saturated rings. The van der Waals surface area contributed by atoms with E-state index in [1.54, 1.807) is 19.1 Å². The monoisotopic (exact) mass is 475 g/mol. The second-order valence-corrected chi connectivity index (χ2v) is 9.75. The molecule has 2 aliphatic carbocycles. The smallest absolute Gasteiger partial charge is 0.407 e. The van der Waals surface area contributed by atoms with Gasteiger partial charge >= 0.3 is 6.09 Å². The maximum Gasteiger partial charge on any atom is 0.407 e. The molecule has 2 amide bonds. The Balaban J connectivity index is 1.35. The van der Waals surface area contributed by atoms with Crippen LogP contribution in [0.2, 0.25) is 0 Å². The molecule has 3 rings (SSSR count). The van der Waals surface area contributed by atoms with Crippen molar-refractivity contribution in [2.75, 3.05) is 7.11 Å². The van der Waals surface area contributed by atoms with E-state index >= 15 is 0 Å². The summed E-state index contributed by atoms with van der Waals surface area (Å²) in [6.07, 6.45) is 9.35. The topological polar surface area (TPSA) is 120 Å². The van der Waals surface area contributed by atoms with E-state index in [0.717, 1.165) is 44.4 Å². The number of amides is 2. The first-order valence-corrected chi connectivity index (χ1v) is 12.3. The third-order valence-corrected chi connectivity index (χ3v) is 7.11. The molecule has 0 unspecified atom stereocenters. The summed E-state index contributed by atoms with van der Waals surface area (Å²) in [5, 5.41) is 17.3. The molecule has 0 saturated heterocycles. The van der Waals surface area contributed by atoms with Gasteiger partial charge in [-0.15, -0.1) is 0 Å². The highest BCUT2D eigenvalue weighted by molar-refractivity contribution is 5.73. The summed E-state index contributed by atoms with van der Waals surface area (Å²) in [7, 11) is 1.49. The number of nitro groups is 1. The van der Waals surface area contributed by atoms with Crippen molar-refractivity contribution in [3.05, 3.63) is 39.4 Å². The summed E-state index contributed by atoms with van der Waals surface area (Å²) < 4.78 is 10.3. The fourth-order valence-corrected chi connectivity index (χ4v) is 5.35. The summed E-state index contributed by atoms with van der Waals surface area (Å²) in [6.45, 7) is 1.72. The van der Waals surface area contributed by atoms with Crippen molar-refractivity contribution < 1.29 is 24.0 Å². The van der Waals surface area contributed by atoms with E-state index < -0.39 is 11.0 Å². The number of hydrogen-bond donors (Lipinski definition) is 2. The normalized spacial score (nSPS) is 24.8. The highest BCUT2D eigenvalue weighted by Crippen LogP contribution is 2.35. The number of nitrogens with zero attached hydrogens (tertiary/aromatic N) is 1. The molecule has 34 heavy (non-hydrogen) atoms. The van der Waals surface area contributed by atoms with Crippen molar-refractivity contribution >= 4 is 17.7 Å². The number of hydrogen-bond acceptors (Lipinski definition) is 6. The molecule has 0 aliphatic heterocycles. The first kappa shape index (κ1) is 25.9. The Labute approximate surface area is 201 Å². The van der Waals surface area contributed by atoms with Crippen molar-refractivity contribution in [3.63, 3.8) is 0 Å². The van der Waals surface area contributed by atoms with Gasteiger partial charge in [0.1, 0.15) is 6.61 Å². The van der Waals surface area contributed by atoms with Crippen LogP contribution in [-0.4, -0.2) is 36.1 Å². The van der Waals surface area contributed by atoms with E-state index in [0.29, 0.717) is 23.1 Å². The maximum atomic E-state index is 12.3. The van der Waals surface area contributed by atoms with Gasteiger partial charge in [-0.3, -0.25) is 14.9 Å². The fraction of sp³-hybridized carbons (Fsp3) is 0.680. The van der Waals surface area contributed by atoms with E-state index in [4.69, 9.17) is 9.47 Å². The van der Waals surface area contributed by atoms with Crippen molar-refractivity contribution in [2.45, 2.75) is 90.0 Å². The highest BCUT2D eigenvalue weighted by atomic mass is 16.6. The molecule has 0 atom stereocenters. The molecule has 2 N–H and O–H groups in total. The Morgan fingerprint density at radius 1 is 0.971 bits per heavy atom. The van der Waals surface area contributed by atoms with Crippen LogP contribution in [0.15, 0.2) is 18.2 Å². The van der Waals surface area contributed by atoms with Crippen LogP contribution in [0.1, 0.15) is 75.8 Å². The van der Waals surface area contributed by atoms with Gasteiger partial charge in [0.25, 0.3) is 5.69 Å². The minimum absolute atomic E-state index is 0.0174. The maximum absolute atomic E-state index is 12.3. The molecule has 2 aliphatic rings. The molecule has 0 aromatic heterocycles. The Bertz CT molecular complexity index is 845. The molecule has 9 heteroatoms. The van der Waals surface area contributed by atoms with Gasteiger partial charge in [0.2, 0.25) is 5.91 Å². The summed E-state index contributed by atoms with van der Waals surface area (Å²) in [6, 6.07) is 5.22. The summed E-state index contributed by atoms with van der Waals surface area (Å²) >= 11 is 0. The minimum atomic E-state index is -0.483. The lowest BCUT2D eigenvalue weighted by Crippen LogP contribution is -2.38. The zero-order valence-electron chi connectivity index (χ0n) is 20.2. The molecule has 2 saturated carbocycles. The highest BCUT2D eigenvalue weighted by Gasteiger charge is 2.28. The van der Waals surface area contributed by atoms with E-state index in [1.807, 2.05) is 0 Å². The number of nitrogens with one attached hydrogen (secondary N) is 2.